The van der Waals surface area contributed by atoms with E-state index in [0.717, 1.165) is 0 Å². The molecule has 7 heteroatoms. The van der Waals surface area contributed by atoms with Crippen molar-refractivity contribution in [1.82, 2.24) is 0 Å². The maximum atomic E-state index is 12.1. The van der Waals surface area contributed by atoms with Crippen LogP contribution in [0.5, 0.6) is 5.75 Å². The lowest BCUT2D eigenvalue weighted by Gasteiger charge is -2.08. The van der Waals surface area contributed by atoms with E-state index >= 15 is 0 Å². The number of nitrogens with two attached hydrogens (primary N) is 2. The molecule has 2 aromatic carbocycles. The molecule has 118 valence electrons. The quantitative estimate of drug-likeness (QED) is 0.732. The maximum absolute atomic E-state index is 12.1. The molecule has 0 aliphatic rings. The van der Waals surface area contributed by atoms with Crippen LogP contribution in [0.1, 0.15) is 20.7 Å². The van der Waals surface area contributed by atoms with Crippen LogP contribution in [0.4, 0.5) is 5.69 Å². The van der Waals surface area contributed by atoms with E-state index in [1.807, 2.05) is 0 Å². The van der Waals surface area contributed by atoms with Crippen molar-refractivity contribution in [2.75, 3.05) is 11.9 Å². The third kappa shape index (κ3) is 4.57. The Morgan fingerprint density at radius 1 is 0.957 bits per heavy atom. The smallest absolute Gasteiger partial charge is 0.255 e. The number of hydrogen-bond donors (Lipinski definition) is 3. The Labute approximate surface area is 132 Å². The van der Waals surface area contributed by atoms with Crippen molar-refractivity contribution < 1.29 is 19.1 Å². The van der Waals surface area contributed by atoms with Crippen LogP contribution < -0.4 is 21.5 Å². The fourth-order valence-electron chi connectivity index (χ4n) is 1.81. The zero-order valence-electron chi connectivity index (χ0n) is 12.1. The van der Waals surface area contributed by atoms with Crippen LogP contribution in [0.3, 0.4) is 0 Å². The summed E-state index contributed by atoms with van der Waals surface area (Å²) in [6, 6.07) is 12.5. The summed E-state index contributed by atoms with van der Waals surface area (Å²) in [5.74, 6) is -1.09. The first-order chi connectivity index (χ1) is 11.0. The Bertz CT molecular complexity index is 741. The highest BCUT2D eigenvalue weighted by atomic mass is 16.5. The van der Waals surface area contributed by atoms with E-state index in [1.165, 1.54) is 12.1 Å². The fraction of sp³-hybridized carbons (Fsp3) is 0.0625. The van der Waals surface area contributed by atoms with Gasteiger partial charge in [-0.05, 0) is 42.5 Å². The van der Waals surface area contributed by atoms with Crippen molar-refractivity contribution in [3.8, 4) is 5.75 Å². The van der Waals surface area contributed by atoms with Gasteiger partial charge < -0.3 is 21.5 Å². The van der Waals surface area contributed by atoms with E-state index in [0.29, 0.717) is 17.0 Å². The number of ether oxygens (including phenoxy) is 1. The molecule has 0 saturated carbocycles. The normalized spacial score (nSPS) is 9.91. The monoisotopic (exact) mass is 313 g/mol. The third-order valence-corrected chi connectivity index (χ3v) is 2.90. The molecule has 23 heavy (non-hydrogen) atoms. The number of carbonyl (C=O) groups is 3. The van der Waals surface area contributed by atoms with Crippen LogP contribution in [0.25, 0.3) is 0 Å². The van der Waals surface area contributed by atoms with Gasteiger partial charge in [-0.15, -0.1) is 0 Å². The predicted molar refractivity (Wildman–Crippen MR) is 84.0 cm³/mol. The van der Waals surface area contributed by atoms with Gasteiger partial charge in [0.1, 0.15) is 5.75 Å². The number of anilines is 1. The number of primary amides is 2. The van der Waals surface area contributed by atoms with Gasteiger partial charge in [-0.2, -0.15) is 0 Å². The summed E-state index contributed by atoms with van der Waals surface area (Å²) >= 11 is 0. The molecule has 0 saturated heterocycles. The molecule has 0 radical (unpaired) electrons. The Kier molecular flexibility index (Phi) is 4.93. The second-order valence-corrected chi connectivity index (χ2v) is 4.68. The number of amides is 3. The summed E-state index contributed by atoms with van der Waals surface area (Å²) in [4.78, 5) is 33.9. The van der Waals surface area contributed by atoms with Crippen molar-refractivity contribution in [2.24, 2.45) is 11.5 Å². The van der Waals surface area contributed by atoms with Gasteiger partial charge in [0.2, 0.25) is 5.91 Å². The average Bonchev–Trinajstić information content (AvgIpc) is 2.54. The predicted octanol–water partition coefficient (Wildman–Crippen LogP) is 0.902. The fourth-order valence-corrected chi connectivity index (χ4v) is 1.81. The molecule has 7 nitrogen and oxygen atoms in total. The van der Waals surface area contributed by atoms with E-state index in [9.17, 15) is 14.4 Å². The molecule has 2 rings (SSSR count). The molecule has 2 aromatic rings. The molecule has 0 heterocycles. The molecule has 0 aliphatic carbocycles. The van der Waals surface area contributed by atoms with Crippen molar-refractivity contribution in [1.29, 1.82) is 0 Å². The summed E-state index contributed by atoms with van der Waals surface area (Å²) in [5.41, 5.74) is 11.3. The summed E-state index contributed by atoms with van der Waals surface area (Å²) < 4.78 is 5.12. The standard InChI is InChI=1S/C16H15N3O4/c17-14(20)9-23-13-6-4-12(5-7-13)19-16(22)11-3-1-2-10(8-11)15(18)21/h1-8H,9H2,(H2,17,20)(H2,18,21)(H,19,22). The van der Waals surface area contributed by atoms with Gasteiger partial charge in [0, 0.05) is 16.8 Å². The molecule has 0 fully saturated rings. The van der Waals surface area contributed by atoms with Crippen LogP contribution in [0.2, 0.25) is 0 Å². The van der Waals surface area contributed by atoms with Crippen molar-refractivity contribution in [3.05, 3.63) is 59.7 Å². The van der Waals surface area contributed by atoms with Gasteiger partial charge in [-0.25, -0.2) is 0 Å². The molecule has 0 aliphatic heterocycles. The molecular weight excluding hydrogens is 298 g/mol. The zero-order valence-corrected chi connectivity index (χ0v) is 12.1. The van der Waals surface area contributed by atoms with Crippen LogP contribution in [0.15, 0.2) is 48.5 Å². The van der Waals surface area contributed by atoms with Crippen LogP contribution in [-0.4, -0.2) is 24.3 Å². The van der Waals surface area contributed by atoms with Crippen molar-refractivity contribution >= 4 is 23.4 Å². The number of benzene rings is 2. The van der Waals surface area contributed by atoms with E-state index in [2.05, 4.69) is 5.32 Å². The lowest BCUT2D eigenvalue weighted by Crippen LogP contribution is -2.20. The first-order valence-corrected chi connectivity index (χ1v) is 6.68. The van der Waals surface area contributed by atoms with Gasteiger partial charge in [0.05, 0.1) is 0 Å². The van der Waals surface area contributed by atoms with Crippen molar-refractivity contribution in [3.63, 3.8) is 0 Å². The van der Waals surface area contributed by atoms with Gasteiger partial charge in [-0.3, -0.25) is 14.4 Å². The Hall–Kier alpha value is -3.35. The van der Waals surface area contributed by atoms with E-state index < -0.39 is 11.8 Å². The topological polar surface area (TPSA) is 125 Å². The highest BCUT2D eigenvalue weighted by molar-refractivity contribution is 6.06. The molecule has 0 unspecified atom stereocenters. The van der Waals surface area contributed by atoms with Crippen LogP contribution in [-0.2, 0) is 4.79 Å². The Morgan fingerprint density at radius 2 is 1.61 bits per heavy atom. The third-order valence-electron chi connectivity index (χ3n) is 2.90. The Morgan fingerprint density at radius 3 is 2.22 bits per heavy atom. The van der Waals surface area contributed by atoms with E-state index in [-0.39, 0.29) is 18.1 Å². The zero-order chi connectivity index (χ0) is 16.8. The van der Waals surface area contributed by atoms with E-state index in [4.69, 9.17) is 16.2 Å². The number of rotatable bonds is 6. The summed E-state index contributed by atoms with van der Waals surface area (Å²) in [6.45, 7) is -0.217. The Balaban J connectivity index is 2.04. The summed E-state index contributed by atoms with van der Waals surface area (Å²) in [5, 5.41) is 2.68. The highest BCUT2D eigenvalue weighted by Crippen LogP contribution is 2.16. The first kappa shape index (κ1) is 16.0. The van der Waals surface area contributed by atoms with Crippen LogP contribution in [0, 0.1) is 0 Å². The molecule has 3 amide bonds. The highest BCUT2D eigenvalue weighted by Gasteiger charge is 2.09. The number of nitrogens with one attached hydrogen (secondary N) is 1. The molecule has 0 bridgehead atoms. The van der Waals surface area contributed by atoms with E-state index in [1.54, 1.807) is 36.4 Å². The minimum atomic E-state index is -0.601. The minimum Gasteiger partial charge on any atom is -0.484 e. The van der Waals surface area contributed by atoms with Crippen LogP contribution >= 0.6 is 0 Å². The molecule has 0 aromatic heterocycles. The largest absolute Gasteiger partial charge is 0.484 e. The summed E-state index contributed by atoms with van der Waals surface area (Å²) in [7, 11) is 0. The second kappa shape index (κ2) is 7.08. The SMILES string of the molecule is NC(=O)COc1ccc(NC(=O)c2cccc(C(N)=O)c2)cc1. The number of hydrogen-bond acceptors (Lipinski definition) is 4. The van der Waals surface area contributed by atoms with Gasteiger partial charge in [-0.1, -0.05) is 6.07 Å². The molecule has 0 spiro atoms. The lowest BCUT2D eigenvalue weighted by molar-refractivity contribution is -0.119. The minimum absolute atomic E-state index is 0.217. The first-order valence-electron chi connectivity index (χ1n) is 6.68. The molecule has 5 N–H and O–H groups in total. The van der Waals surface area contributed by atoms with Crippen molar-refractivity contribution in [2.45, 2.75) is 0 Å². The van der Waals surface area contributed by atoms with Gasteiger partial charge >= 0.3 is 0 Å². The number of carbonyl (C=O) groups excluding carboxylic acids is 3. The maximum Gasteiger partial charge on any atom is 0.255 e. The molecule has 0 atom stereocenters. The molecular formula is C16H15N3O4. The van der Waals surface area contributed by atoms with Gasteiger partial charge in [0.15, 0.2) is 6.61 Å². The summed E-state index contributed by atoms with van der Waals surface area (Å²) in [6.07, 6.45) is 0. The lowest BCUT2D eigenvalue weighted by atomic mass is 10.1. The van der Waals surface area contributed by atoms with Gasteiger partial charge in [0.25, 0.3) is 11.8 Å². The second-order valence-electron chi connectivity index (χ2n) is 4.68. The average molecular weight is 313 g/mol.